The van der Waals surface area contributed by atoms with Gasteiger partial charge in [0.15, 0.2) is 0 Å². The van der Waals surface area contributed by atoms with Crippen molar-refractivity contribution in [3.63, 3.8) is 0 Å². The Morgan fingerprint density at radius 3 is 2.80 bits per heavy atom. The minimum absolute atomic E-state index is 0.128. The van der Waals surface area contributed by atoms with Crippen molar-refractivity contribution in [2.24, 2.45) is 0 Å². The van der Waals surface area contributed by atoms with Crippen molar-refractivity contribution in [3.8, 4) is 5.88 Å². The van der Waals surface area contributed by atoms with Crippen LogP contribution in [0.4, 0.5) is 0 Å². The Morgan fingerprint density at radius 2 is 2.15 bits per heavy atom. The zero-order valence-corrected chi connectivity index (χ0v) is 12.6. The van der Waals surface area contributed by atoms with Crippen LogP contribution < -0.4 is 10.1 Å². The Kier molecular flexibility index (Phi) is 5.72. The lowest BCUT2D eigenvalue weighted by atomic mass is 10.1. The summed E-state index contributed by atoms with van der Waals surface area (Å²) >= 11 is 6.92. The van der Waals surface area contributed by atoms with E-state index in [9.17, 15) is 5.11 Å². The van der Waals surface area contributed by atoms with E-state index in [2.05, 4.69) is 14.1 Å². The average Bonchev–Trinajstić information content (AvgIpc) is 2.96. The van der Waals surface area contributed by atoms with Crippen LogP contribution in [0.15, 0.2) is 30.5 Å². The van der Waals surface area contributed by atoms with Crippen LogP contribution in [0.25, 0.3) is 0 Å². The highest BCUT2D eigenvalue weighted by Gasteiger charge is 2.10. The van der Waals surface area contributed by atoms with E-state index in [0.29, 0.717) is 17.4 Å². The summed E-state index contributed by atoms with van der Waals surface area (Å²) in [5.41, 5.74) is 1.12. The van der Waals surface area contributed by atoms with Crippen molar-refractivity contribution < 1.29 is 9.84 Å². The van der Waals surface area contributed by atoms with Crippen molar-refractivity contribution in [1.29, 1.82) is 0 Å². The van der Waals surface area contributed by atoms with Gasteiger partial charge in [-0.15, -0.1) is 4.37 Å². The van der Waals surface area contributed by atoms with E-state index in [4.69, 9.17) is 16.3 Å². The number of nitrogens with zero attached hydrogens (tertiary/aromatic N) is 2. The van der Waals surface area contributed by atoms with Gasteiger partial charge < -0.3 is 15.2 Å². The van der Waals surface area contributed by atoms with Gasteiger partial charge in [-0.1, -0.05) is 23.7 Å². The van der Waals surface area contributed by atoms with Gasteiger partial charge in [-0.2, -0.15) is 4.37 Å². The fourth-order valence-corrected chi connectivity index (χ4v) is 2.13. The Balaban J connectivity index is 1.72. The minimum atomic E-state index is -0.605. The number of hydrogen-bond donors (Lipinski definition) is 2. The number of aliphatic hydroxyl groups excluding tert-OH is 1. The highest BCUT2D eigenvalue weighted by atomic mass is 35.5. The molecule has 0 saturated carbocycles. The maximum absolute atomic E-state index is 9.83. The Hall–Kier alpha value is -1.21. The zero-order valence-electron chi connectivity index (χ0n) is 11.0. The number of ether oxygens (including phenoxy) is 1. The number of aromatic nitrogens is 2. The Labute approximate surface area is 126 Å². The molecular weight excluding hydrogens is 298 g/mol. The highest BCUT2D eigenvalue weighted by Crippen LogP contribution is 2.15. The molecule has 2 aromatic rings. The molecular formula is C13H16ClN3O2S. The van der Waals surface area contributed by atoms with Gasteiger partial charge in [-0.05, 0) is 24.6 Å². The normalized spacial score (nSPS) is 13.9. The fourth-order valence-electron chi connectivity index (χ4n) is 1.64. The van der Waals surface area contributed by atoms with Crippen molar-refractivity contribution in [2.45, 2.75) is 19.1 Å². The molecule has 2 rings (SSSR count). The fraction of sp³-hybridized carbons (Fsp3) is 0.385. The van der Waals surface area contributed by atoms with Gasteiger partial charge in [0, 0.05) is 17.6 Å². The number of nitrogens with one attached hydrogen (secondary N) is 1. The summed E-state index contributed by atoms with van der Waals surface area (Å²) < 4.78 is 13.0. The zero-order chi connectivity index (χ0) is 14.4. The molecule has 0 amide bonds. The molecule has 1 heterocycles. The van der Waals surface area contributed by atoms with E-state index in [-0.39, 0.29) is 12.6 Å². The number of aliphatic hydroxyl groups is 1. The standard InChI is InChI=1S/C13H16ClN3O2S/c1-9(10-2-4-11(14)5-3-10)15-6-12(18)8-19-13-7-16-20-17-13/h2-5,7,9,12,15,18H,6,8H2,1H3. The number of halogens is 1. The first kappa shape index (κ1) is 15.2. The van der Waals surface area contributed by atoms with Crippen LogP contribution in [0.1, 0.15) is 18.5 Å². The van der Waals surface area contributed by atoms with Gasteiger partial charge >= 0.3 is 0 Å². The van der Waals surface area contributed by atoms with Crippen LogP contribution >= 0.6 is 23.3 Å². The largest absolute Gasteiger partial charge is 0.473 e. The highest BCUT2D eigenvalue weighted by molar-refractivity contribution is 6.99. The van der Waals surface area contributed by atoms with Crippen LogP contribution in [-0.2, 0) is 0 Å². The first-order valence-corrected chi connectivity index (χ1v) is 7.33. The number of rotatable bonds is 7. The molecule has 2 atom stereocenters. The van der Waals surface area contributed by atoms with E-state index in [1.165, 1.54) is 6.20 Å². The molecule has 0 bridgehead atoms. The Bertz CT molecular complexity index is 507. The smallest absolute Gasteiger partial charge is 0.245 e. The van der Waals surface area contributed by atoms with Crippen molar-refractivity contribution in [1.82, 2.24) is 14.1 Å². The maximum atomic E-state index is 9.83. The van der Waals surface area contributed by atoms with Crippen LogP contribution in [-0.4, -0.2) is 33.1 Å². The van der Waals surface area contributed by atoms with Gasteiger partial charge in [-0.3, -0.25) is 0 Å². The summed E-state index contributed by atoms with van der Waals surface area (Å²) in [5, 5.41) is 13.8. The summed E-state index contributed by atoms with van der Waals surface area (Å²) in [6.07, 6.45) is 0.924. The van der Waals surface area contributed by atoms with Crippen molar-refractivity contribution in [3.05, 3.63) is 41.0 Å². The first-order valence-electron chi connectivity index (χ1n) is 6.22. The molecule has 2 unspecified atom stereocenters. The summed E-state index contributed by atoms with van der Waals surface area (Å²) in [7, 11) is 0. The average molecular weight is 314 g/mol. The summed E-state index contributed by atoms with van der Waals surface area (Å²) in [4.78, 5) is 0. The van der Waals surface area contributed by atoms with Crippen LogP contribution in [0.2, 0.25) is 5.02 Å². The van der Waals surface area contributed by atoms with Crippen LogP contribution in [0.5, 0.6) is 5.88 Å². The topological polar surface area (TPSA) is 67.3 Å². The SMILES string of the molecule is CC(NCC(O)COc1cnsn1)c1ccc(Cl)cc1. The van der Waals surface area contributed by atoms with Crippen molar-refractivity contribution >= 4 is 23.3 Å². The third kappa shape index (κ3) is 4.72. The van der Waals surface area contributed by atoms with E-state index in [1.54, 1.807) is 0 Å². The van der Waals surface area contributed by atoms with Crippen molar-refractivity contribution in [2.75, 3.05) is 13.2 Å². The molecule has 108 valence electrons. The monoisotopic (exact) mass is 313 g/mol. The predicted octanol–water partition coefficient (Wildman–Crippen LogP) is 2.28. The molecule has 0 fully saturated rings. The molecule has 20 heavy (non-hydrogen) atoms. The van der Waals surface area contributed by atoms with Gasteiger partial charge in [0.2, 0.25) is 5.88 Å². The quantitative estimate of drug-likeness (QED) is 0.821. The lowest BCUT2D eigenvalue weighted by Crippen LogP contribution is -2.33. The van der Waals surface area contributed by atoms with E-state index in [1.807, 2.05) is 31.2 Å². The lowest BCUT2D eigenvalue weighted by molar-refractivity contribution is 0.102. The van der Waals surface area contributed by atoms with Crippen LogP contribution in [0, 0.1) is 0 Å². The Morgan fingerprint density at radius 1 is 1.40 bits per heavy atom. The van der Waals surface area contributed by atoms with Gasteiger partial charge in [-0.25, -0.2) is 0 Å². The summed E-state index contributed by atoms with van der Waals surface area (Å²) in [6, 6.07) is 7.75. The first-order chi connectivity index (χ1) is 9.65. The third-order valence-electron chi connectivity index (χ3n) is 2.79. The summed E-state index contributed by atoms with van der Waals surface area (Å²) in [6.45, 7) is 2.65. The molecule has 7 heteroatoms. The molecule has 0 aliphatic rings. The molecule has 2 N–H and O–H groups in total. The van der Waals surface area contributed by atoms with Crippen LogP contribution in [0.3, 0.4) is 0 Å². The van der Waals surface area contributed by atoms with E-state index >= 15 is 0 Å². The molecule has 1 aromatic heterocycles. The molecule has 0 aliphatic heterocycles. The second-order valence-corrected chi connectivity index (χ2v) is 5.39. The second kappa shape index (κ2) is 7.54. The molecule has 0 spiro atoms. The second-order valence-electron chi connectivity index (χ2n) is 4.39. The number of benzene rings is 1. The molecule has 1 aromatic carbocycles. The van der Waals surface area contributed by atoms with E-state index < -0.39 is 6.10 Å². The third-order valence-corrected chi connectivity index (χ3v) is 3.51. The van der Waals surface area contributed by atoms with Gasteiger partial charge in [0.05, 0.1) is 11.7 Å². The lowest BCUT2D eigenvalue weighted by Gasteiger charge is -2.17. The van der Waals surface area contributed by atoms with E-state index in [0.717, 1.165) is 17.3 Å². The van der Waals surface area contributed by atoms with Gasteiger partial charge in [0.25, 0.3) is 0 Å². The van der Waals surface area contributed by atoms with Gasteiger partial charge in [0.1, 0.15) is 18.9 Å². The minimum Gasteiger partial charge on any atom is -0.473 e. The molecule has 0 aliphatic carbocycles. The molecule has 5 nitrogen and oxygen atoms in total. The predicted molar refractivity (Wildman–Crippen MR) is 79.3 cm³/mol. The summed E-state index contributed by atoms with van der Waals surface area (Å²) in [5.74, 6) is 0.444. The number of hydrogen-bond acceptors (Lipinski definition) is 6. The molecule has 0 saturated heterocycles. The maximum Gasteiger partial charge on any atom is 0.245 e. The molecule has 0 radical (unpaired) electrons.